The zero-order valence-corrected chi connectivity index (χ0v) is 10.7. The topological polar surface area (TPSA) is 95.1 Å². The number of nitrogens with zero attached hydrogens (tertiary/aromatic N) is 4. The van der Waals surface area contributed by atoms with Crippen molar-refractivity contribution in [2.45, 2.75) is 6.42 Å². The highest BCUT2D eigenvalue weighted by molar-refractivity contribution is 5.58. The van der Waals surface area contributed by atoms with Gasteiger partial charge in [0.05, 0.1) is 10.5 Å². The van der Waals surface area contributed by atoms with Crippen LogP contribution in [0.5, 0.6) is 0 Å². The third kappa shape index (κ3) is 3.17. The van der Waals surface area contributed by atoms with Gasteiger partial charge in [-0.25, -0.2) is 4.98 Å². The highest BCUT2D eigenvalue weighted by Gasteiger charge is 2.21. The van der Waals surface area contributed by atoms with Crippen LogP contribution in [0.25, 0.3) is 0 Å². The van der Waals surface area contributed by atoms with Gasteiger partial charge in [-0.15, -0.1) is 0 Å². The van der Waals surface area contributed by atoms with Crippen LogP contribution >= 0.6 is 0 Å². The van der Waals surface area contributed by atoms with E-state index in [1.54, 1.807) is 0 Å². The lowest BCUT2D eigenvalue weighted by Crippen LogP contribution is -2.19. The third-order valence-electron chi connectivity index (χ3n) is 3.24. The molecular weight excluding hydrogens is 246 g/mol. The van der Waals surface area contributed by atoms with Crippen molar-refractivity contribution in [1.29, 1.82) is 5.26 Å². The van der Waals surface area contributed by atoms with E-state index in [9.17, 15) is 10.1 Å². The minimum atomic E-state index is -0.517. The number of aromatic nitrogens is 1. The van der Waals surface area contributed by atoms with Crippen LogP contribution in [0.3, 0.4) is 0 Å². The molecule has 2 rings (SSSR count). The normalized spacial score (nSPS) is 19.1. The predicted octanol–water partition coefficient (Wildman–Crippen LogP) is 1.23. The van der Waals surface area contributed by atoms with E-state index in [1.165, 1.54) is 12.3 Å². The molecule has 1 saturated heterocycles. The van der Waals surface area contributed by atoms with Crippen molar-refractivity contribution in [2.24, 2.45) is 5.92 Å². The first kappa shape index (κ1) is 13.2. The Balaban J connectivity index is 2.07. The van der Waals surface area contributed by atoms with Crippen molar-refractivity contribution in [3.8, 4) is 6.07 Å². The molecule has 0 bridgehead atoms. The van der Waals surface area contributed by atoms with Gasteiger partial charge in [-0.05, 0) is 25.9 Å². The fourth-order valence-electron chi connectivity index (χ4n) is 2.22. The summed E-state index contributed by atoms with van der Waals surface area (Å²) in [7, 11) is 2.06. The molecule has 0 radical (unpaired) electrons. The van der Waals surface area contributed by atoms with Crippen molar-refractivity contribution < 1.29 is 4.92 Å². The summed E-state index contributed by atoms with van der Waals surface area (Å²) >= 11 is 0. The number of nitrogens with one attached hydrogen (secondary N) is 1. The average molecular weight is 261 g/mol. The first-order chi connectivity index (χ1) is 9.10. The van der Waals surface area contributed by atoms with Crippen LogP contribution in [0.4, 0.5) is 11.5 Å². The molecule has 1 aliphatic heterocycles. The molecule has 1 atom stereocenters. The van der Waals surface area contributed by atoms with Gasteiger partial charge < -0.3 is 10.2 Å². The number of nitriles is 1. The zero-order valence-electron chi connectivity index (χ0n) is 10.7. The Kier molecular flexibility index (Phi) is 3.92. The first-order valence-electron chi connectivity index (χ1n) is 6.07. The van der Waals surface area contributed by atoms with E-state index in [2.05, 4.69) is 22.2 Å². The Morgan fingerprint density at radius 3 is 3.11 bits per heavy atom. The molecule has 7 heteroatoms. The van der Waals surface area contributed by atoms with E-state index < -0.39 is 4.92 Å². The molecule has 19 heavy (non-hydrogen) atoms. The fraction of sp³-hybridized carbons (Fsp3) is 0.500. The van der Waals surface area contributed by atoms with Crippen molar-refractivity contribution in [1.82, 2.24) is 9.88 Å². The molecular formula is C12H15N5O2. The van der Waals surface area contributed by atoms with Crippen LogP contribution in [0.1, 0.15) is 12.0 Å². The number of rotatable bonds is 4. The second-order valence-electron chi connectivity index (χ2n) is 4.76. The summed E-state index contributed by atoms with van der Waals surface area (Å²) in [6, 6.07) is 3.10. The Morgan fingerprint density at radius 1 is 1.74 bits per heavy atom. The van der Waals surface area contributed by atoms with Gasteiger partial charge in [-0.2, -0.15) is 5.26 Å². The van der Waals surface area contributed by atoms with Crippen LogP contribution < -0.4 is 5.32 Å². The molecule has 1 aliphatic rings. The molecule has 0 aliphatic carbocycles. The quantitative estimate of drug-likeness (QED) is 0.647. The van der Waals surface area contributed by atoms with Crippen molar-refractivity contribution >= 4 is 11.5 Å². The summed E-state index contributed by atoms with van der Waals surface area (Å²) < 4.78 is 0. The minimum absolute atomic E-state index is 0.148. The van der Waals surface area contributed by atoms with Gasteiger partial charge in [0.1, 0.15) is 6.07 Å². The number of likely N-dealkylation sites (tertiary alicyclic amines) is 1. The second kappa shape index (κ2) is 5.63. The van der Waals surface area contributed by atoms with Gasteiger partial charge in [-0.3, -0.25) is 10.1 Å². The summed E-state index contributed by atoms with van der Waals surface area (Å²) in [5.41, 5.74) is 0.0447. The molecule has 1 aromatic heterocycles. The number of nitro groups is 1. The zero-order chi connectivity index (χ0) is 13.8. The standard InChI is InChI=1S/C12H15N5O2/c1-16-3-2-9(8-16)6-14-12-11(17(18)19)4-10(5-13)7-15-12/h4,7,9H,2-3,6,8H2,1H3,(H,14,15). The summed E-state index contributed by atoms with van der Waals surface area (Å²) in [5.74, 6) is 0.709. The number of pyridine rings is 1. The summed E-state index contributed by atoms with van der Waals surface area (Å²) in [6.07, 6.45) is 2.42. The largest absolute Gasteiger partial charge is 0.364 e. The van der Waals surface area contributed by atoms with Crippen molar-refractivity contribution in [2.75, 3.05) is 32.0 Å². The molecule has 0 aromatic carbocycles. The molecule has 2 heterocycles. The van der Waals surface area contributed by atoms with Gasteiger partial charge in [-0.1, -0.05) is 0 Å². The fourth-order valence-corrected chi connectivity index (χ4v) is 2.22. The minimum Gasteiger partial charge on any atom is -0.364 e. The van der Waals surface area contributed by atoms with E-state index in [4.69, 9.17) is 5.26 Å². The van der Waals surface area contributed by atoms with Crippen LogP contribution in [0.15, 0.2) is 12.3 Å². The number of hydrogen-bond donors (Lipinski definition) is 1. The maximum absolute atomic E-state index is 10.9. The van der Waals surface area contributed by atoms with Gasteiger partial charge in [0, 0.05) is 25.4 Å². The summed E-state index contributed by atoms with van der Waals surface area (Å²) in [5, 5.41) is 22.7. The molecule has 0 spiro atoms. The number of hydrogen-bond acceptors (Lipinski definition) is 6. The van der Waals surface area contributed by atoms with E-state index in [-0.39, 0.29) is 17.1 Å². The van der Waals surface area contributed by atoms with E-state index in [0.29, 0.717) is 12.5 Å². The van der Waals surface area contributed by atoms with Crippen LogP contribution in [-0.2, 0) is 0 Å². The Bertz CT molecular complexity index is 525. The SMILES string of the molecule is CN1CCC(CNc2ncc(C#N)cc2[N+](=O)[O-])C1. The Hall–Kier alpha value is -2.20. The predicted molar refractivity (Wildman–Crippen MR) is 69.7 cm³/mol. The highest BCUT2D eigenvalue weighted by Crippen LogP contribution is 2.23. The Labute approximate surface area is 111 Å². The molecule has 1 aromatic rings. The van der Waals surface area contributed by atoms with E-state index in [0.717, 1.165) is 19.5 Å². The Morgan fingerprint density at radius 2 is 2.53 bits per heavy atom. The maximum atomic E-state index is 10.9. The molecule has 0 amide bonds. The molecule has 1 N–H and O–H groups in total. The maximum Gasteiger partial charge on any atom is 0.312 e. The van der Waals surface area contributed by atoms with Crippen LogP contribution in [-0.4, -0.2) is 41.5 Å². The molecule has 0 saturated carbocycles. The smallest absolute Gasteiger partial charge is 0.312 e. The first-order valence-corrected chi connectivity index (χ1v) is 6.07. The van der Waals surface area contributed by atoms with Crippen molar-refractivity contribution in [3.63, 3.8) is 0 Å². The molecule has 1 fully saturated rings. The third-order valence-corrected chi connectivity index (χ3v) is 3.24. The van der Waals surface area contributed by atoms with Gasteiger partial charge in [0.15, 0.2) is 0 Å². The van der Waals surface area contributed by atoms with Gasteiger partial charge in [0.25, 0.3) is 0 Å². The average Bonchev–Trinajstić information content (AvgIpc) is 2.82. The summed E-state index contributed by atoms with van der Waals surface area (Å²) in [6.45, 7) is 2.69. The second-order valence-corrected chi connectivity index (χ2v) is 4.76. The van der Waals surface area contributed by atoms with Crippen LogP contribution in [0.2, 0.25) is 0 Å². The molecule has 100 valence electrons. The van der Waals surface area contributed by atoms with Gasteiger partial charge >= 0.3 is 5.69 Å². The highest BCUT2D eigenvalue weighted by atomic mass is 16.6. The lowest BCUT2D eigenvalue weighted by atomic mass is 10.1. The van der Waals surface area contributed by atoms with Gasteiger partial charge in [0.2, 0.25) is 5.82 Å². The monoisotopic (exact) mass is 261 g/mol. The molecule has 7 nitrogen and oxygen atoms in total. The van der Waals surface area contributed by atoms with Crippen molar-refractivity contribution in [3.05, 3.63) is 27.9 Å². The summed E-state index contributed by atoms with van der Waals surface area (Å²) in [4.78, 5) is 16.6. The molecule has 1 unspecified atom stereocenters. The lowest BCUT2D eigenvalue weighted by molar-refractivity contribution is -0.384. The van der Waals surface area contributed by atoms with Crippen LogP contribution in [0, 0.1) is 27.4 Å². The lowest BCUT2D eigenvalue weighted by Gasteiger charge is -2.12. The van der Waals surface area contributed by atoms with E-state index in [1.807, 2.05) is 6.07 Å². The number of anilines is 1. The van der Waals surface area contributed by atoms with E-state index >= 15 is 0 Å².